The van der Waals surface area contributed by atoms with Gasteiger partial charge in [-0.2, -0.15) is 0 Å². The van der Waals surface area contributed by atoms with E-state index < -0.39 is 0 Å². The lowest BCUT2D eigenvalue weighted by Crippen LogP contribution is -2.33. The minimum Gasteiger partial charge on any atom is -0.482 e. The summed E-state index contributed by atoms with van der Waals surface area (Å²) in [7, 11) is 0. The monoisotopic (exact) mass is 321 g/mol. The van der Waals surface area contributed by atoms with Crippen molar-refractivity contribution in [1.29, 1.82) is 0 Å². The van der Waals surface area contributed by atoms with E-state index in [-0.39, 0.29) is 12.5 Å². The normalized spacial score (nSPS) is 13.1. The molecule has 0 radical (unpaired) electrons. The zero-order chi connectivity index (χ0) is 14.8. The second kappa shape index (κ2) is 5.96. The van der Waals surface area contributed by atoms with Crippen molar-refractivity contribution in [3.05, 3.63) is 58.1 Å². The third-order valence-corrected chi connectivity index (χ3v) is 4.26. The Morgan fingerprint density at radius 2 is 1.95 bits per heavy atom. The first-order valence-electron chi connectivity index (χ1n) is 6.62. The van der Waals surface area contributed by atoms with Gasteiger partial charge in [-0.25, -0.2) is 0 Å². The molecule has 0 saturated heterocycles. The van der Waals surface area contributed by atoms with E-state index in [0.29, 0.717) is 22.3 Å². The molecule has 1 aliphatic heterocycles. The number of fused-ring (bicyclic) bond motifs is 1. The van der Waals surface area contributed by atoms with Crippen LogP contribution in [0, 0.1) is 0 Å². The van der Waals surface area contributed by atoms with Gasteiger partial charge in [-0.05, 0) is 30.2 Å². The van der Waals surface area contributed by atoms with Crippen LogP contribution in [0.4, 0.5) is 5.69 Å². The highest BCUT2D eigenvalue weighted by molar-refractivity contribution is 6.42. The summed E-state index contributed by atoms with van der Waals surface area (Å²) in [6.45, 7) is 0.624. The summed E-state index contributed by atoms with van der Waals surface area (Å²) < 4.78 is 5.50. The van der Waals surface area contributed by atoms with Crippen molar-refractivity contribution in [3.8, 4) is 5.75 Å². The maximum atomic E-state index is 12.3. The third kappa shape index (κ3) is 2.85. The van der Waals surface area contributed by atoms with Gasteiger partial charge in [0, 0.05) is 12.2 Å². The van der Waals surface area contributed by atoms with Crippen LogP contribution in [0.15, 0.2) is 42.5 Å². The first-order valence-corrected chi connectivity index (χ1v) is 7.37. The molecule has 3 nitrogen and oxygen atoms in total. The van der Waals surface area contributed by atoms with Crippen molar-refractivity contribution in [2.24, 2.45) is 0 Å². The number of carbonyl (C=O) groups is 1. The van der Waals surface area contributed by atoms with Gasteiger partial charge in [0.2, 0.25) is 0 Å². The van der Waals surface area contributed by atoms with E-state index in [0.717, 1.165) is 12.1 Å². The summed E-state index contributed by atoms with van der Waals surface area (Å²) in [5.74, 6) is 0.334. The van der Waals surface area contributed by atoms with Crippen LogP contribution in [-0.2, 0) is 11.2 Å². The Labute approximate surface area is 133 Å². The van der Waals surface area contributed by atoms with E-state index in [1.54, 1.807) is 23.1 Å². The van der Waals surface area contributed by atoms with Gasteiger partial charge in [0.15, 0.2) is 6.61 Å². The summed E-state index contributed by atoms with van der Waals surface area (Å²) >= 11 is 12.0. The van der Waals surface area contributed by atoms with Gasteiger partial charge in [0.05, 0.1) is 5.02 Å². The second-order valence-corrected chi connectivity index (χ2v) is 5.55. The number of ether oxygens (including phenoxy) is 1. The molecule has 0 N–H and O–H groups in total. The smallest absolute Gasteiger partial charge is 0.264 e. The van der Waals surface area contributed by atoms with Crippen molar-refractivity contribution in [2.75, 3.05) is 18.1 Å². The Hall–Kier alpha value is -1.71. The molecule has 1 amide bonds. The Kier molecular flexibility index (Phi) is 4.04. The molecule has 0 spiro atoms. The standard InChI is InChI=1S/C16H13Cl2NO2/c17-12-5-3-7-14(16(12)18)21-10-15(20)19-9-8-11-4-1-2-6-13(11)19/h1-7H,8-10H2. The zero-order valence-electron chi connectivity index (χ0n) is 11.2. The molecule has 0 bridgehead atoms. The molecule has 3 rings (SSSR count). The Morgan fingerprint density at radius 3 is 2.81 bits per heavy atom. The number of carbonyl (C=O) groups excluding carboxylic acids is 1. The van der Waals surface area contributed by atoms with Crippen LogP contribution in [0.5, 0.6) is 5.75 Å². The molecule has 0 fully saturated rings. The predicted molar refractivity (Wildman–Crippen MR) is 84.5 cm³/mol. The summed E-state index contributed by atoms with van der Waals surface area (Å²) in [5.41, 5.74) is 2.15. The van der Waals surface area contributed by atoms with Crippen LogP contribution in [-0.4, -0.2) is 19.1 Å². The minimum absolute atomic E-state index is 0.0611. The number of hydrogen-bond donors (Lipinski definition) is 0. The average molecular weight is 322 g/mol. The fourth-order valence-electron chi connectivity index (χ4n) is 2.41. The maximum Gasteiger partial charge on any atom is 0.264 e. The number of rotatable bonds is 3. The summed E-state index contributed by atoms with van der Waals surface area (Å²) in [6, 6.07) is 13.0. The molecular weight excluding hydrogens is 309 g/mol. The van der Waals surface area contributed by atoms with E-state index in [9.17, 15) is 4.79 Å². The summed E-state index contributed by atoms with van der Waals surface area (Å²) in [4.78, 5) is 14.0. The Balaban J connectivity index is 1.69. The molecule has 1 heterocycles. The number of halogens is 2. The molecule has 21 heavy (non-hydrogen) atoms. The highest BCUT2D eigenvalue weighted by Crippen LogP contribution is 2.32. The van der Waals surface area contributed by atoms with Crippen LogP contribution < -0.4 is 9.64 Å². The lowest BCUT2D eigenvalue weighted by atomic mass is 10.2. The first-order chi connectivity index (χ1) is 10.2. The highest BCUT2D eigenvalue weighted by atomic mass is 35.5. The van der Waals surface area contributed by atoms with Gasteiger partial charge < -0.3 is 9.64 Å². The minimum atomic E-state index is -0.0870. The zero-order valence-corrected chi connectivity index (χ0v) is 12.7. The van der Waals surface area contributed by atoms with E-state index in [2.05, 4.69) is 0 Å². The van der Waals surface area contributed by atoms with Crippen molar-refractivity contribution in [1.82, 2.24) is 0 Å². The van der Waals surface area contributed by atoms with Crippen molar-refractivity contribution < 1.29 is 9.53 Å². The first kappa shape index (κ1) is 14.2. The molecule has 0 atom stereocenters. The van der Waals surface area contributed by atoms with Crippen molar-refractivity contribution >= 4 is 34.8 Å². The van der Waals surface area contributed by atoms with E-state index in [1.807, 2.05) is 24.3 Å². The summed E-state index contributed by atoms with van der Waals surface area (Å²) in [5, 5.41) is 0.738. The molecule has 0 saturated carbocycles. The van der Waals surface area contributed by atoms with E-state index in [1.165, 1.54) is 5.56 Å². The number of amides is 1. The molecule has 108 valence electrons. The van der Waals surface area contributed by atoms with Gasteiger partial charge in [-0.15, -0.1) is 0 Å². The van der Waals surface area contributed by atoms with Crippen LogP contribution in [0.1, 0.15) is 5.56 Å². The van der Waals surface area contributed by atoms with Crippen LogP contribution >= 0.6 is 23.2 Å². The largest absolute Gasteiger partial charge is 0.482 e. The fraction of sp³-hybridized carbons (Fsp3) is 0.188. The highest BCUT2D eigenvalue weighted by Gasteiger charge is 2.24. The number of hydrogen-bond acceptors (Lipinski definition) is 2. The van der Waals surface area contributed by atoms with Gasteiger partial charge in [0.1, 0.15) is 10.8 Å². The molecule has 5 heteroatoms. The van der Waals surface area contributed by atoms with Gasteiger partial charge >= 0.3 is 0 Å². The molecule has 1 aliphatic rings. The molecule has 0 aromatic heterocycles. The van der Waals surface area contributed by atoms with Gasteiger partial charge in [-0.1, -0.05) is 47.5 Å². The van der Waals surface area contributed by atoms with Crippen LogP contribution in [0.25, 0.3) is 0 Å². The quantitative estimate of drug-likeness (QED) is 0.856. The topological polar surface area (TPSA) is 29.5 Å². The fourth-order valence-corrected chi connectivity index (χ4v) is 2.76. The molecule has 0 unspecified atom stereocenters. The van der Waals surface area contributed by atoms with Crippen molar-refractivity contribution in [2.45, 2.75) is 6.42 Å². The molecular formula is C16H13Cl2NO2. The van der Waals surface area contributed by atoms with Gasteiger partial charge in [-0.3, -0.25) is 4.79 Å². The van der Waals surface area contributed by atoms with Crippen molar-refractivity contribution in [3.63, 3.8) is 0 Å². The average Bonchev–Trinajstić information content (AvgIpc) is 2.92. The second-order valence-electron chi connectivity index (χ2n) is 4.76. The number of para-hydroxylation sites is 1. The van der Waals surface area contributed by atoms with E-state index in [4.69, 9.17) is 27.9 Å². The van der Waals surface area contributed by atoms with Crippen LogP contribution in [0.3, 0.4) is 0 Å². The van der Waals surface area contributed by atoms with E-state index >= 15 is 0 Å². The number of benzene rings is 2. The van der Waals surface area contributed by atoms with Gasteiger partial charge in [0.25, 0.3) is 5.91 Å². The number of anilines is 1. The maximum absolute atomic E-state index is 12.3. The molecule has 2 aromatic rings. The molecule has 0 aliphatic carbocycles. The SMILES string of the molecule is O=C(COc1cccc(Cl)c1Cl)N1CCc2ccccc21. The summed E-state index contributed by atoms with van der Waals surface area (Å²) in [6.07, 6.45) is 0.875. The number of nitrogens with zero attached hydrogens (tertiary/aromatic N) is 1. The Bertz CT molecular complexity index is 688. The lowest BCUT2D eigenvalue weighted by molar-refractivity contribution is -0.120. The predicted octanol–water partition coefficient (Wildman–Crippen LogP) is 3.96. The lowest BCUT2D eigenvalue weighted by Gasteiger charge is -2.18. The third-order valence-electron chi connectivity index (χ3n) is 3.46. The Morgan fingerprint density at radius 1 is 1.14 bits per heavy atom. The van der Waals surface area contributed by atoms with Crippen LogP contribution in [0.2, 0.25) is 10.0 Å². The molecule has 2 aromatic carbocycles.